The molecule has 1 heterocycles. The van der Waals surface area contributed by atoms with E-state index in [0.29, 0.717) is 35.3 Å². The normalized spacial score (nSPS) is 10.4. The molecule has 0 radical (unpaired) electrons. The average Bonchev–Trinajstić information content (AvgIpc) is 3.18. The summed E-state index contributed by atoms with van der Waals surface area (Å²) >= 11 is 0. The number of aromatic nitrogens is 2. The molecule has 29 heavy (non-hydrogen) atoms. The number of rotatable bonds is 7. The SMILES string of the molecule is CCN(CC(=O)Nc1cccc(OC)c1)C(=O)c1ccc(-c2nc(C)no2)cc1. The van der Waals surface area contributed by atoms with Crippen LogP contribution in [0.3, 0.4) is 0 Å². The maximum atomic E-state index is 12.8. The summed E-state index contributed by atoms with van der Waals surface area (Å²) in [7, 11) is 1.56. The van der Waals surface area contributed by atoms with Crippen LogP contribution in [0.4, 0.5) is 5.69 Å². The van der Waals surface area contributed by atoms with Gasteiger partial charge in [-0.1, -0.05) is 11.2 Å². The van der Waals surface area contributed by atoms with Crippen molar-refractivity contribution in [1.29, 1.82) is 0 Å². The van der Waals surface area contributed by atoms with Crippen LogP contribution in [-0.2, 0) is 4.79 Å². The highest BCUT2D eigenvalue weighted by Crippen LogP contribution is 2.19. The molecular formula is C21H22N4O4. The third-order valence-corrected chi connectivity index (χ3v) is 4.26. The van der Waals surface area contributed by atoms with Crippen LogP contribution in [0.5, 0.6) is 5.75 Å². The highest BCUT2D eigenvalue weighted by Gasteiger charge is 2.18. The summed E-state index contributed by atoms with van der Waals surface area (Å²) in [4.78, 5) is 30.8. The van der Waals surface area contributed by atoms with E-state index in [2.05, 4.69) is 15.5 Å². The van der Waals surface area contributed by atoms with Crippen LogP contribution in [0, 0.1) is 6.92 Å². The quantitative estimate of drug-likeness (QED) is 0.661. The van der Waals surface area contributed by atoms with E-state index in [1.807, 2.05) is 6.92 Å². The van der Waals surface area contributed by atoms with Gasteiger partial charge in [-0.25, -0.2) is 0 Å². The summed E-state index contributed by atoms with van der Waals surface area (Å²) < 4.78 is 10.3. The first-order chi connectivity index (χ1) is 14.0. The maximum absolute atomic E-state index is 12.8. The van der Waals surface area contributed by atoms with Gasteiger partial charge in [0, 0.05) is 29.4 Å². The Morgan fingerprint density at radius 1 is 1.17 bits per heavy atom. The van der Waals surface area contributed by atoms with Crippen molar-refractivity contribution in [2.75, 3.05) is 25.5 Å². The predicted molar refractivity (Wildman–Crippen MR) is 108 cm³/mol. The number of hydrogen-bond acceptors (Lipinski definition) is 6. The number of amides is 2. The van der Waals surface area contributed by atoms with Gasteiger partial charge in [0.25, 0.3) is 11.8 Å². The fraction of sp³-hybridized carbons (Fsp3) is 0.238. The topological polar surface area (TPSA) is 97.6 Å². The number of benzene rings is 2. The molecule has 0 unspecified atom stereocenters. The number of methoxy groups -OCH3 is 1. The fourth-order valence-electron chi connectivity index (χ4n) is 2.75. The minimum absolute atomic E-state index is 0.0584. The molecule has 1 aromatic heterocycles. The molecule has 3 rings (SSSR count). The van der Waals surface area contributed by atoms with E-state index in [1.165, 1.54) is 4.90 Å². The summed E-state index contributed by atoms with van der Waals surface area (Å²) in [6.07, 6.45) is 0. The first kappa shape index (κ1) is 20.1. The minimum Gasteiger partial charge on any atom is -0.497 e. The lowest BCUT2D eigenvalue weighted by Gasteiger charge is -2.20. The van der Waals surface area contributed by atoms with Gasteiger partial charge in [-0.2, -0.15) is 4.98 Å². The van der Waals surface area contributed by atoms with Crippen LogP contribution < -0.4 is 10.1 Å². The molecule has 3 aromatic rings. The molecule has 0 saturated heterocycles. The molecular weight excluding hydrogens is 372 g/mol. The van der Waals surface area contributed by atoms with E-state index in [1.54, 1.807) is 62.6 Å². The highest BCUT2D eigenvalue weighted by molar-refractivity contribution is 5.99. The number of hydrogen-bond donors (Lipinski definition) is 1. The number of ether oxygens (including phenoxy) is 1. The number of nitrogens with zero attached hydrogens (tertiary/aromatic N) is 3. The number of carbonyl (C=O) groups is 2. The van der Waals surface area contributed by atoms with Gasteiger partial charge in [-0.15, -0.1) is 0 Å². The second-order valence-electron chi connectivity index (χ2n) is 6.32. The lowest BCUT2D eigenvalue weighted by Crippen LogP contribution is -2.37. The van der Waals surface area contributed by atoms with E-state index in [0.717, 1.165) is 5.56 Å². The largest absolute Gasteiger partial charge is 0.497 e. The van der Waals surface area contributed by atoms with Crippen molar-refractivity contribution in [2.45, 2.75) is 13.8 Å². The molecule has 2 aromatic carbocycles. The molecule has 0 bridgehead atoms. The van der Waals surface area contributed by atoms with Crippen molar-refractivity contribution in [3.63, 3.8) is 0 Å². The van der Waals surface area contributed by atoms with Crippen LogP contribution in [0.1, 0.15) is 23.1 Å². The first-order valence-corrected chi connectivity index (χ1v) is 9.14. The van der Waals surface area contributed by atoms with E-state index in [-0.39, 0.29) is 18.4 Å². The van der Waals surface area contributed by atoms with Crippen molar-refractivity contribution >= 4 is 17.5 Å². The molecule has 1 N–H and O–H groups in total. The third kappa shape index (κ3) is 4.98. The van der Waals surface area contributed by atoms with E-state index >= 15 is 0 Å². The van der Waals surface area contributed by atoms with E-state index in [4.69, 9.17) is 9.26 Å². The Morgan fingerprint density at radius 3 is 2.55 bits per heavy atom. The molecule has 150 valence electrons. The summed E-state index contributed by atoms with van der Waals surface area (Å²) in [6.45, 7) is 3.90. The molecule has 0 aliphatic rings. The molecule has 0 spiro atoms. The zero-order chi connectivity index (χ0) is 20.8. The number of carbonyl (C=O) groups excluding carboxylic acids is 2. The zero-order valence-corrected chi connectivity index (χ0v) is 16.5. The molecule has 0 aliphatic carbocycles. The van der Waals surface area contributed by atoms with E-state index < -0.39 is 0 Å². The summed E-state index contributed by atoms with van der Waals surface area (Å²) in [5.41, 5.74) is 1.80. The van der Waals surface area contributed by atoms with Gasteiger partial charge in [-0.05, 0) is 50.2 Å². The lowest BCUT2D eigenvalue weighted by atomic mass is 10.1. The minimum atomic E-state index is -0.286. The Kier molecular flexibility index (Phi) is 6.23. The van der Waals surface area contributed by atoms with Crippen molar-refractivity contribution in [1.82, 2.24) is 15.0 Å². The average molecular weight is 394 g/mol. The number of anilines is 1. The second-order valence-corrected chi connectivity index (χ2v) is 6.32. The molecule has 0 fully saturated rings. The van der Waals surface area contributed by atoms with Crippen molar-refractivity contribution in [3.8, 4) is 17.2 Å². The Hall–Kier alpha value is -3.68. The van der Waals surface area contributed by atoms with Crippen molar-refractivity contribution < 1.29 is 18.8 Å². The van der Waals surface area contributed by atoms with E-state index in [9.17, 15) is 9.59 Å². The Bertz CT molecular complexity index is 998. The summed E-state index contributed by atoms with van der Waals surface area (Å²) in [6, 6.07) is 13.9. The summed E-state index contributed by atoms with van der Waals surface area (Å²) in [5, 5.41) is 6.54. The van der Waals surface area contributed by atoms with Crippen molar-refractivity contribution in [3.05, 3.63) is 59.9 Å². The Balaban J connectivity index is 1.65. The molecule has 0 saturated carbocycles. The van der Waals surface area contributed by atoms with Crippen LogP contribution in [-0.4, -0.2) is 47.1 Å². The summed E-state index contributed by atoms with van der Waals surface area (Å²) in [5.74, 6) is 1.06. The molecule has 8 nitrogen and oxygen atoms in total. The highest BCUT2D eigenvalue weighted by atomic mass is 16.5. The van der Waals surface area contributed by atoms with Crippen molar-refractivity contribution in [2.24, 2.45) is 0 Å². The second kappa shape index (κ2) is 9.01. The van der Waals surface area contributed by atoms with Gasteiger partial charge < -0.3 is 19.5 Å². The van der Waals surface area contributed by atoms with Crippen LogP contribution in [0.15, 0.2) is 53.1 Å². The maximum Gasteiger partial charge on any atom is 0.257 e. The fourth-order valence-corrected chi connectivity index (χ4v) is 2.75. The third-order valence-electron chi connectivity index (χ3n) is 4.26. The number of nitrogens with one attached hydrogen (secondary N) is 1. The van der Waals surface area contributed by atoms with Crippen LogP contribution in [0.25, 0.3) is 11.5 Å². The number of likely N-dealkylation sites (N-methyl/N-ethyl adjacent to an activating group) is 1. The first-order valence-electron chi connectivity index (χ1n) is 9.14. The zero-order valence-electron chi connectivity index (χ0n) is 16.5. The predicted octanol–water partition coefficient (Wildman–Crippen LogP) is 3.15. The van der Waals surface area contributed by atoms with Crippen LogP contribution >= 0.6 is 0 Å². The van der Waals surface area contributed by atoms with Gasteiger partial charge in [0.1, 0.15) is 12.3 Å². The molecule has 8 heteroatoms. The standard InChI is InChI=1S/C21H22N4O4/c1-4-25(13-19(26)23-17-6-5-7-18(12-17)28-3)21(27)16-10-8-15(9-11-16)20-22-14(2)24-29-20/h5-12H,4,13H2,1-3H3,(H,23,26). The van der Waals surface area contributed by atoms with Gasteiger partial charge in [-0.3, -0.25) is 9.59 Å². The van der Waals surface area contributed by atoms with Gasteiger partial charge >= 0.3 is 0 Å². The van der Waals surface area contributed by atoms with Gasteiger partial charge in [0.2, 0.25) is 5.91 Å². The molecule has 2 amide bonds. The van der Waals surface area contributed by atoms with Gasteiger partial charge in [0.05, 0.1) is 7.11 Å². The van der Waals surface area contributed by atoms with Crippen LogP contribution in [0.2, 0.25) is 0 Å². The lowest BCUT2D eigenvalue weighted by molar-refractivity contribution is -0.116. The monoisotopic (exact) mass is 394 g/mol. The Morgan fingerprint density at radius 2 is 1.93 bits per heavy atom. The van der Waals surface area contributed by atoms with Gasteiger partial charge in [0.15, 0.2) is 5.82 Å². The molecule has 0 aliphatic heterocycles. The smallest absolute Gasteiger partial charge is 0.257 e. The molecule has 0 atom stereocenters. The Labute approximate surface area is 168 Å². The number of aryl methyl sites for hydroxylation is 1.